The molecule has 2 rings (SSSR count). The van der Waals surface area contributed by atoms with Gasteiger partial charge in [0.15, 0.2) is 0 Å². The molecule has 0 heterocycles. The number of carbonyl (C=O) groups is 1. The Morgan fingerprint density at radius 2 is 1.80 bits per heavy atom. The normalized spacial score (nSPS) is 10.1. The van der Waals surface area contributed by atoms with E-state index in [0.717, 1.165) is 16.9 Å². The van der Waals surface area contributed by atoms with E-state index in [1.807, 2.05) is 32.0 Å². The van der Waals surface area contributed by atoms with Crippen molar-refractivity contribution in [2.45, 2.75) is 13.8 Å². The Bertz CT molecular complexity index is 731. The number of hydrogen-bond acceptors (Lipinski definition) is 4. The van der Waals surface area contributed by atoms with E-state index in [9.17, 15) is 4.79 Å². The molecule has 0 aliphatic heterocycles. The molecular weight excluding hydrogens is 320 g/mol. The van der Waals surface area contributed by atoms with E-state index < -0.39 is 0 Å². The minimum atomic E-state index is -0.326. The molecule has 0 aromatic heterocycles. The summed E-state index contributed by atoms with van der Waals surface area (Å²) < 4.78 is 16.1. The summed E-state index contributed by atoms with van der Waals surface area (Å²) in [6.45, 7) is 4.78. The number of urea groups is 1. The van der Waals surface area contributed by atoms with Crippen LogP contribution in [0.25, 0.3) is 0 Å². The molecule has 134 valence electrons. The molecule has 0 aliphatic carbocycles. The lowest BCUT2D eigenvalue weighted by Crippen LogP contribution is -2.32. The summed E-state index contributed by atoms with van der Waals surface area (Å²) in [6, 6.07) is 10.9. The topological polar surface area (TPSA) is 68.8 Å². The fourth-order valence-electron chi connectivity index (χ4n) is 2.26. The van der Waals surface area contributed by atoms with Gasteiger partial charge in [-0.3, -0.25) is 0 Å². The van der Waals surface area contributed by atoms with Gasteiger partial charge in [0.1, 0.15) is 23.9 Å². The molecule has 0 saturated heterocycles. The monoisotopic (exact) mass is 344 g/mol. The zero-order valence-corrected chi connectivity index (χ0v) is 15.0. The van der Waals surface area contributed by atoms with Crippen molar-refractivity contribution < 1.29 is 19.0 Å². The van der Waals surface area contributed by atoms with Crippen LogP contribution < -0.4 is 24.8 Å². The van der Waals surface area contributed by atoms with Crippen LogP contribution in [0.4, 0.5) is 10.5 Å². The van der Waals surface area contributed by atoms with Crippen LogP contribution in [0.3, 0.4) is 0 Å². The summed E-state index contributed by atoms with van der Waals surface area (Å²) in [6.07, 6.45) is 0. The van der Waals surface area contributed by atoms with Gasteiger partial charge >= 0.3 is 6.03 Å². The van der Waals surface area contributed by atoms with E-state index in [0.29, 0.717) is 30.3 Å². The van der Waals surface area contributed by atoms with Crippen LogP contribution in [0.2, 0.25) is 0 Å². The van der Waals surface area contributed by atoms with Gasteiger partial charge in [0.05, 0.1) is 26.5 Å². The van der Waals surface area contributed by atoms with Crippen molar-refractivity contribution in [1.82, 2.24) is 5.32 Å². The Hall–Kier alpha value is -2.89. The quantitative estimate of drug-likeness (QED) is 0.754. The number of ether oxygens (including phenoxy) is 3. The maximum absolute atomic E-state index is 12.0. The standard InChI is InChI=1S/C19H24N2O4/c1-13-5-6-14(2)17(11-13)25-10-9-20-19(22)21-16-8-7-15(23-3)12-18(16)24-4/h5-8,11-12H,9-10H2,1-4H3,(H2,20,21,22). The van der Waals surface area contributed by atoms with Crippen molar-refractivity contribution in [2.24, 2.45) is 0 Å². The number of carbonyl (C=O) groups excluding carboxylic acids is 1. The average molecular weight is 344 g/mol. The molecular formula is C19H24N2O4. The molecule has 2 N–H and O–H groups in total. The van der Waals surface area contributed by atoms with Gasteiger partial charge in [-0.2, -0.15) is 0 Å². The predicted octanol–water partition coefficient (Wildman–Crippen LogP) is 3.52. The van der Waals surface area contributed by atoms with Crippen LogP contribution in [0.5, 0.6) is 17.2 Å². The molecule has 2 aromatic carbocycles. The van der Waals surface area contributed by atoms with Gasteiger partial charge in [-0.25, -0.2) is 4.79 Å². The molecule has 0 radical (unpaired) electrons. The first-order valence-corrected chi connectivity index (χ1v) is 8.00. The van der Waals surface area contributed by atoms with Crippen LogP contribution in [0.1, 0.15) is 11.1 Å². The highest BCUT2D eigenvalue weighted by molar-refractivity contribution is 5.91. The molecule has 0 spiro atoms. The van der Waals surface area contributed by atoms with Crippen LogP contribution in [-0.2, 0) is 0 Å². The molecule has 0 saturated carbocycles. The summed E-state index contributed by atoms with van der Waals surface area (Å²) in [7, 11) is 3.11. The second-order valence-corrected chi connectivity index (χ2v) is 5.56. The summed E-state index contributed by atoms with van der Waals surface area (Å²) in [4.78, 5) is 12.0. The average Bonchev–Trinajstić information content (AvgIpc) is 2.61. The fraction of sp³-hybridized carbons (Fsp3) is 0.316. The van der Waals surface area contributed by atoms with E-state index >= 15 is 0 Å². The van der Waals surface area contributed by atoms with Crippen LogP contribution in [0, 0.1) is 13.8 Å². The van der Waals surface area contributed by atoms with Crippen molar-refractivity contribution in [3.8, 4) is 17.2 Å². The van der Waals surface area contributed by atoms with Crippen molar-refractivity contribution in [3.05, 3.63) is 47.5 Å². The van der Waals surface area contributed by atoms with E-state index in [1.54, 1.807) is 25.3 Å². The first-order valence-electron chi connectivity index (χ1n) is 8.00. The third-order valence-electron chi connectivity index (χ3n) is 3.65. The zero-order valence-electron chi connectivity index (χ0n) is 15.0. The molecule has 0 unspecified atom stereocenters. The van der Waals surface area contributed by atoms with Crippen molar-refractivity contribution in [2.75, 3.05) is 32.7 Å². The number of methoxy groups -OCH3 is 2. The molecule has 25 heavy (non-hydrogen) atoms. The fourth-order valence-corrected chi connectivity index (χ4v) is 2.26. The number of rotatable bonds is 7. The lowest BCUT2D eigenvalue weighted by atomic mass is 10.1. The minimum absolute atomic E-state index is 0.326. The number of anilines is 1. The molecule has 0 aliphatic rings. The highest BCUT2D eigenvalue weighted by atomic mass is 16.5. The Kier molecular flexibility index (Phi) is 6.51. The van der Waals surface area contributed by atoms with Crippen LogP contribution >= 0.6 is 0 Å². The Morgan fingerprint density at radius 3 is 2.52 bits per heavy atom. The van der Waals surface area contributed by atoms with E-state index in [2.05, 4.69) is 10.6 Å². The second-order valence-electron chi connectivity index (χ2n) is 5.56. The van der Waals surface area contributed by atoms with Gasteiger partial charge in [0, 0.05) is 6.07 Å². The molecule has 6 heteroatoms. The molecule has 0 fully saturated rings. The van der Waals surface area contributed by atoms with E-state index in [1.165, 1.54) is 7.11 Å². The molecule has 0 atom stereocenters. The van der Waals surface area contributed by atoms with Gasteiger partial charge < -0.3 is 24.8 Å². The summed E-state index contributed by atoms with van der Waals surface area (Å²) >= 11 is 0. The van der Waals surface area contributed by atoms with Crippen molar-refractivity contribution in [3.63, 3.8) is 0 Å². The van der Waals surface area contributed by atoms with Gasteiger partial charge in [0.25, 0.3) is 0 Å². The first-order chi connectivity index (χ1) is 12.0. The highest BCUT2D eigenvalue weighted by Gasteiger charge is 2.08. The summed E-state index contributed by atoms with van der Waals surface area (Å²) in [5.41, 5.74) is 2.77. The number of aryl methyl sites for hydroxylation is 2. The van der Waals surface area contributed by atoms with Crippen LogP contribution in [-0.4, -0.2) is 33.4 Å². The largest absolute Gasteiger partial charge is 0.497 e. The van der Waals surface area contributed by atoms with Gasteiger partial charge in [-0.15, -0.1) is 0 Å². The maximum atomic E-state index is 12.0. The number of hydrogen-bond donors (Lipinski definition) is 2. The summed E-state index contributed by atoms with van der Waals surface area (Å²) in [5.74, 6) is 2.02. The zero-order chi connectivity index (χ0) is 18.2. The van der Waals surface area contributed by atoms with Crippen molar-refractivity contribution >= 4 is 11.7 Å². The predicted molar refractivity (Wildman–Crippen MR) is 98.0 cm³/mol. The van der Waals surface area contributed by atoms with Crippen LogP contribution in [0.15, 0.2) is 36.4 Å². The maximum Gasteiger partial charge on any atom is 0.319 e. The molecule has 6 nitrogen and oxygen atoms in total. The third kappa shape index (κ3) is 5.31. The molecule has 2 amide bonds. The summed E-state index contributed by atoms with van der Waals surface area (Å²) in [5, 5.41) is 5.50. The molecule has 2 aromatic rings. The Labute approximate surface area is 148 Å². The van der Waals surface area contributed by atoms with Gasteiger partial charge in [-0.05, 0) is 43.2 Å². The number of benzene rings is 2. The van der Waals surface area contributed by atoms with Gasteiger partial charge in [0.2, 0.25) is 0 Å². The SMILES string of the molecule is COc1ccc(NC(=O)NCCOc2cc(C)ccc2C)c(OC)c1. The smallest absolute Gasteiger partial charge is 0.319 e. The van der Waals surface area contributed by atoms with Gasteiger partial charge in [-0.1, -0.05) is 12.1 Å². The third-order valence-corrected chi connectivity index (χ3v) is 3.65. The second kappa shape index (κ2) is 8.82. The first kappa shape index (κ1) is 18.4. The lowest BCUT2D eigenvalue weighted by Gasteiger charge is -2.13. The minimum Gasteiger partial charge on any atom is -0.497 e. The van der Waals surface area contributed by atoms with E-state index in [-0.39, 0.29) is 6.03 Å². The lowest BCUT2D eigenvalue weighted by molar-refractivity contribution is 0.247. The Morgan fingerprint density at radius 1 is 1.00 bits per heavy atom. The van der Waals surface area contributed by atoms with Crippen molar-refractivity contribution in [1.29, 1.82) is 0 Å². The molecule has 0 bridgehead atoms. The number of nitrogens with one attached hydrogen (secondary N) is 2. The Balaban J connectivity index is 1.82. The van der Waals surface area contributed by atoms with E-state index in [4.69, 9.17) is 14.2 Å². The number of amides is 2. The highest BCUT2D eigenvalue weighted by Crippen LogP contribution is 2.28.